The maximum atomic E-state index is 12.4. The van der Waals surface area contributed by atoms with Gasteiger partial charge in [-0.3, -0.25) is 5.32 Å². The third-order valence-electron chi connectivity index (χ3n) is 4.80. The Morgan fingerprint density at radius 1 is 1.03 bits per heavy atom. The number of benzene rings is 2. The number of hydrogen-bond donors (Lipinski definition) is 5. The van der Waals surface area contributed by atoms with Crippen molar-refractivity contribution in [1.82, 2.24) is 30.6 Å². The molecule has 4 aromatic rings. The number of amides is 2. The number of aryl methyl sites for hydroxylation is 2. The van der Waals surface area contributed by atoms with E-state index in [2.05, 4.69) is 57.9 Å². The van der Waals surface area contributed by atoms with Gasteiger partial charge >= 0.3 is 6.03 Å². The molecule has 3 heterocycles. The van der Waals surface area contributed by atoms with Crippen LogP contribution in [0.4, 0.5) is 39.6 Å². The predicted molar refractivity (Wildman–Crippen MR) is 121 cm³/mol. The van der Waals surface area contributed by atoms with Crippen molar-refractivity contribution in [2.75, 3.05) is 21.3 Å². The lowest BCUT2D eigenvalue weighted by molar-refractivity contribution is 0.262. The minimum atomic E-state index is -0.471. The van der Waals surface area contributed by atoms with Gasteiger partial charge in [-0.25, -0.2) is 9.78 Å². The maximum absolute atomic E-state index is 12.4. The van der Waals surface area contributed by atoms with Gasteiger partial charge in [-0.05, 0) is 59.5 Å². The molecule has 0 unspecified atom stereocenters. The van der Waals surface area contributed by atoms with Crippen molar-refractivity contribution in [2.45, 2.75) is 12.8 Å². The Morgan fingerprint density at radius 3 is 2.81 bits per heavy atom. The fourth-order valence-electron chi connectivity index (χ4n) is 3.33. The second kappa shape index (κ2) is 8.47. The number of H-pyrrole nitrogens is 1. The summed E-state index contributed by atoms with van der Waals surface area (Å²) in [6, 6.07) is 13.2. The van der Waals surface area contributed by atoms with E-state index in [1.165, 1.54) is 0 Å². The number of rotatable bonds is 2. The van der Waals surface area contributed by atoms with Crippen LogP contribution < -0.4 is 21.3 Å². The quantitative estimate of drug-likeness (QED) is 0.310. The van der Waals surface area contributed by atoms with Crippen molar-refractivity contribution in [3.05, 3.63) is 64.8 Å². The zero-order valence-electron chi connectivity index (χ0n) is 16.6. The molecule has 1 aliphatic rings. The molecule has 2 amide bonds. The average molecular weight is 449 g/mol. The van der Waals surface area contributed by atoms with Crippen molar-refractivity contribution in [3.63, 3.8) is 0 Å². The summed E-state index contributed by atoms with van der Waals surface area (Å²) >= 11 is 6.30. The molecule has 0 saturated carbocycles. The van der Waals surface area contributed by atoms with Crippen LogP contribution >= 0.6 is 11.6 Å². The van der Waals surface area contributed by atoms with Gasteiger partial charge in [0.05, 0.1) is 6.20 Å². The lowest BCUT2D eigenvalue weighted by Gasteiger charge is -2.14. The molecule has 5 rings (SSSR count). The number of carbonyl (C=O) groups is 1. The number of aromatic nitrogens is 6. The molecule has 32 heavy (non-hydrogen) atoms. The molecule has 2 aromatic carbocycles. The summed E-state index contributed by atoms with van der Waals surface area (Å²) in [5, 5.41) is 25.3. The summed E-state index contributed by atoms with van der Waals surface area (Å²) in [6.45, 7) is 0. The summed E-state index contributed by atoms with van der Waals surface area (Å²) in [7, 11) is 0. The van der Waals surface area contributed by atoms with E-state index in [-0.39, 0.29) is 5.95 Å². The van der Waals surface area contributed by atoms with Gasteiger partial charge in [0.1, 0.15) is 5.02 Å². The highest BCUT2D eigenvalue weighted by molar-refractivity contribution is 6.32. The zero-order chi connectivity index (χ0) is 21.9. The number of anilines is 6. The molecule has 0 aliphatic carbocycles. The van der Waals surface area contributed by atoms with E-state index in [1.807, 2.05) is 36.4 Å². The van der Waals surface area contributed by atoms with Crippen LogP contribution in [0.15, 0.2) is 48.7 Å². The number of urea groups is 1. The molecule has 0 saturated heterocycles. The Morgan fingerprint density at radius 2 is 1.94 bits per heavy atom. The van der Waals surface area contributed by atoms with Gasteiger partial charge in [-0.1, -0.05) is 28.8 Å². The fraction of sp³-hybridized carbons (Fsp3) is 0.100. The first-order chi connectivity index (χ1) is 15.6. The monoisotopic (exact) mass is 448 g/mol. The molecular formula is C20H17ClN10O. The third-order valence-corrected chi connectivity index (χ3v) is 5.07. The number of nitrogens with zero attached hydrogens (tertiary/aromatic N) is 5. The molecule has 6 bridgehead atoms. The normalized spacial score (nSPS) is 12.3. The Balaban J connectivity index is 1.49. The van der Waals surface area contributed by atoms with E-state index in [0.717, 1.165) is 28.9 Å². The van der Waals surface area contributed by atoms with Gasteiger partial charge in [0.15, 0.2) is 5.82 Å². The highest BCUT2D eigenvalue weighted by atomic mass is 35.5. The molecule has 0 atom stereocenters. The zero-order valence-corrected chi connectivity index (χ0v) is 17.3. The summed E-state index contributed by atoms with van der Waals surface area (Å²) in [4.78, 5) is 21.1. The lowest BCUT2D eigenvalue weighted by atomic mass is 10.0. The second-order valence-electron chi connectivity index (χ2n) is 7.03. The van der Waals surface area contributed by atoms with Gasteiger partial charge in [-0.2, -0.15) is 10.2 Å². The van der Waals surface area contributed by atoms with Crippen LogP contribution in [0.1, 0.15) is 11.1 Å². The first kappa shape index (κ1) is 19.7. The number of nitrogens with one attached hydrogen (secondary N) is 5. The molecular weight excluding hydrogens is 432 g/mol. The van der Waals surface area contributed by atoms with E-state index in [1.54, 1.807) is 6.20 Å². The number of fused-ring (bicyclic) bond motifs is 6. The Hall–Kier alpha value is -4.25. The number of halogens is 1. The minimum Gasteiger partial charge on any atom is -0.339 e. The van der Waals surface area contributed by atoms with Crippen LogP contribution in [-0.4, -0.2) is 36.6 Å². The van der Waals surface area contributed by atoms with Gasteiger partial charge in [0, 0.05) is 17.1 Å². The van der Waals surface area contributed by atoms with Crippen molar-refractivity contribution >= 4 is 52.4 Å². The smallest absolute Gasteiger partial charge is 0.326 e. The first-order valence-corrected chi connectivity index (χ1v) is 10.1. The van der Waals surface area contributed by atoms with E-state index >= 15 is 0 Å². The van der Waals surface area contributed by atoms with Crippen LogP contribution in [0.5, 0.6) is 0 Å². The SMILES string of the molecule is O=C(Nc1nn[nH]n1)Nc1ccc2cc1CCc1cccc(c1)Nc1ncc(Cl)c(n1)N2. The summed E-state index contributed by atoms with van der Waals surface area (Å²) < 4.78 is 0. The van der Waals surface area contributed by atoms with Crippen molar-refractivity contribution < 1.29 is 4.79 Å². The van der Waals surface area contributed by atoms with Crippen LogP contribution in [0.3, 0.4) is 0 Å². The molecule has 11 nitrogen and oxygen atoms in total. The summed E-state index contributed by atoms with van der Waals surface area (Å²) in [5.74, 6) is 0.991. The topological polar surface area (TPSA) is 145 Å². The third kappa shape index (κ3) is 4.42. The average Bonchev–Trinajstić information content (AvgIpc) is 3.29. The molecule has 2 aromatic heterocycles. The van der Waals surface area contributed by atoms with E-state index in [0.29, 0.717) is 28.9 Å². The number of tetrazole rings is 1. The number of carbonyl (C=O) groups excluding carboxylic acids is 1. The molecule has 5 N–H and O–H groups in total. The van der Waals surface area contributed by atoms with Crippen LogP contribution in [-0.2, 0) is 12.8 Å². The number of hydrogen-bond acceptors (Lipinski definition) is 8. The van der Waals surface area contributed by atoms with E-state index in [4.69, 9.17) is 11.6 Å². The van der Waals surface area contributed by atoms with Gasteiger partial charge in [0.25, 0.3) is 5.95 Å². The Bertz CT molecular complexity index is 1280. The minimum absolute atomic E-state index is 0.0826. The van der Waals surface area contributed by atoms with Crippen molar-refractivity contribution in [1.29, 1.82) is 0 Å². The van der Waals surface area contributed by atoms with Crippen molar-refractivity contribution in [3.8, 4) is 0 Å². The summed E-state index contributed by atoms with van der Waals surface area (Å²) in [6.07, 6.45) is 2.99. The van der Waals surface area contributed by atoms with Crippen LogP contribution in [0.2, 0.25) is 5.02 Å². The van der Waals surface area contributed by atoms with E-state index in [9.17, 15) is 4.79 Å². The first-order valence-electron chi connectivity index (χ1n) is 9.72. The predicted octanol–water partition coefficient (Wildman–Crippen LogP) is 3.87. The van der Waals surface area contributed by atoms with Gasteiger partial charge in [-0.15, -0.1) is 5.10 Å². The van der Waals surface area contributed by atoms with Gasteiger partial charge in [0.2, 0.25) is 5.95 Å². The number of aromatic amines is 1. The maximum Gasteiger partial charge on any atom is 0.326 e. The largest absolute Gasteiger partial charge is 0.339 e. The fourth-order valence-corrected chi connectivity index (χ4v) is 3.47. The highest BCUT2D eigenvalue weighted by Crippen LogP contribution is 2.29. The molecule has 160 valence electrons. The van der Waals surface area contributed by atoms with Crippen LogP contribution in [0.25, 0.3) is 0 Å². The molecule has 0 fully saturated rings. The van der Waals surface area contributed by atoms with Crippen LogP contribution in [0, 0.1) is 0 Å². The molecule has 1 aliphatic heterocycles. The summed E-state index contributed by atoms with van der Waals surface area (Å²) in [5.41, 5.74) is 4.38. The molecule has 0 spiro atoms. The highest BCUT2D eigenvalue weighted by Gasteiger charge is 2.13. The lowest BCUT2D eigenvalue weighted by Crippen LogP contribution is -2.21. The Kier molecular flexibility index (Phi) is 5.22. The standard InChI is InChI=1S/C20H17ClN10O/c21-15-10-22-18-24-13-3-1-2-11(8-13)4-5-12-9-14(23-17(15)26-18)6-7-16(12)25-20(32)27-19-28-30-31-29-19/h1-3,6-10H,4-5H2,(H2,22,23,24,26)(H3,25,27,28,29,30,31,32). The van der Waals surface area contributed by atoms with Crippen molar-refractivity contribution in [2.24, 2.45) is 0 Å². The second-order valence-corrected chi connectivity index (χ2v) is 7.43. The van der Waals surface area contributed by atoms with Gasteiger partial charge < -0.3 is 16.0 Å². The molecule has 12 heteroatoms. The van der Waals surface area contributed by atoms with E-state index < -0.39 is 6.03 Å². The molecule has 0 radical (unpaired) electrons. The Labute approximate surface area is 187 Å².